The largest absolute Gasteiger partial charge is 0.445 e. The molecule has 1 amide bonds. The Morgan fingerprint density at radius 3 is 2.75 bits per heavy atom. The monoisotopic (exact) mass is 331 g/mol. The maximum atomic E-state index is 12.2. The zero-order chi connectivity index (χ0) is 17.4. The number of Topliss-reactive ketones (excluding diaryl/α,β-unsaturated/α-hetero) is 1. The van der Waals surface area contributed by atoms with Gasteiger partial charge >= 0.3 is 6.09 Å². The highest BCUT2D eigenvalue weighted by atomic mass is 16.5. The molecule has 1 aliphatic rings. The number of nitrogens with one attached hydrogen (secondary N) is 1. The first kappa shape index (κ1) is 18.5. The van der Waals surface area contributed by atoms with Gasteiger partial charge in [0.15, 0.2) is 0 Å². The highest BCUT2D eigenvalue weighted by Gasteiger charge is 2.31. The second-order valence-electron chi connectivity index (χ2n) is 7.14. The van der Waals surface area contributed by atoms with E-state index in [4.69, 9.17) is 4.74 Å². The third kappa shape index (κ3) is 5.99. The van der Waals surface area contributed by atoms with Gasteiger partial charge in [-0.3, -0.25) is 4.79 Å². The second kappa shape index (κ2) is 9.45. The van der Waals surface area contributed by atoms with Crippen LogP contribution in [0.1, 0.15) is 51.5 Å². The highest BCUT2D eigenvalue weighted by molar-refractivity contribution is 5.82. The Morgan fingerprint density at radius 2 is 2.04 bits per heavy atom. The highest BCUT2D eigenvalue weighted by Crippen LogP contribution is 2.31. The van der Waals surface area contributed by atoms with E-state index in [0.717, 1.165) is 31.2 Å². The summed E-state index contributed by atoms with van der Waals surface area (Å²) in [5.41, 5.74) is 0.955. The number of hydrogen-bond donors (Lipinski definition) is 1. The molecule has 1 fully saturated rings. The lowest BCUT2D eigenvalue weighted by molar-refractivity contribution is -0.126. The van der Waals surface area contributed by atoms with Crippen molar-refractivity contribution in [1.82, 2.24) is 5.32 Å². The molecule has 0 radical (unpaired) electrons. The number of ketones is 1. The average Bonchev–Trinajstić information content (AvgIpc) is 2.58. The average molecular weight is 331 g/mol. The van der Waals surface area contributed by atoms with E-state index in [9.17, 15) is 9.59 Å². The fourth-order valence-electron chi connectivity index (χ4n) is 3.33. The van der Waals surface area contributed by atoms with Gasteiger partial charge in [-0.05, 0) is 36.7 Å². The van der Waals surface area contributed by atoms with Crippen LogP contribution in [0.5, 0.6) is 0 Å². The fraction of sp³-hybridized carbons (Fsp3) is 0.600. The minimum atomic E-state index is -0.445. The Kier molecular flexibility index (Phi) is 7.29. The Labute approximate surface area is 145 Å². The summed E-state index contributed by atoms with van der Waals surface area (Å²) < 4.78 is 5.23. The summed E-state index contributed by atoms with van der Waals surface area (Å²) in [5, 5.41) is 2.79. The number of carbonyl (C=O) groups excluding carboxylic acids is 2. The van der Waals surface area contributed by atoms with Gasteiger partial charge in [0.05, 0.1) is 0 Å². The van der Waals surface area contributed by atoms with Gasteiger partial charge in [0, 0.05) is 18.9 Å². The number of benzene rings is 1. The second-order valence-corrected chi connectivity index (χ2v) is 7.14. The minimum Gasteiger partial charge on any atom is -0.445 e. The molecule has 4 heteroatoms. The van der Waals surface area contributed by atoms with Crippen molar-refractivity contribution < 1.29 is 14.3 Å². The van der Waals surface area contributed by atoms with E-state index in [0.29, 0.717) is 30.6 Å². The van der Waals surface area contributed by atoms with Crippen LogP contribution in [0, 0.1) is 17.8 Å². The summed E-state index contributed by atoms with van der Waals surface area (Å²) in [6.07, 6.45) is 4.46. The summed E-state index contributed by atoms with van der Waals surface area (Å²) in [5.74, 6) is 1.27. The molecule has 0 spiro atoms. The van der Waals surface area contributed by atoms with E-state index >= 15 is 0 Å². The van der Waals surface area contributed by atoms with Crippen LogP contribution < -0.4 is 5.32 Å². The van der Waals surface area contributed by atoms with E-state index < -0.39 is 6.09 Å². The smallest absolute Gasteiger partial charge is 0.407 e. The molecule has 0 bridgehead atoms. The van der Waals surface area contributed by atoms with Crippen LogP contribution in [0.15, 0.2) is 30.3 Å². The van der Waals surface area contributed by atoms with Crippen LogP contribution in [0.4, 0.5) is 4.79 Å². The molecule has 0 saturated heterocycles. The third-order valence-corrected chi connectivity index (χ3v) is 4.77. The molecule has 1 aliphatic carbocycles. The summed E-state index contributed by atoms with van der Waals surface area (Å²) in [6, 6.07) is 9.59. The molecule has 24 heavy (non-hydrogen) atoms. The first-order valence-electron chi connectivity index (χ1n) is 9.03. The molecule has 4 nitrogen and oxygen atoms in total. The predicted molar refractivity (Wildman–Crippen MR) is 94.5 cm³/mol. The van der Waals surface area contributed by atoms with E-state index in [1.165, 1.54) is 0 Å². The number of rotatable bonds is 7. The Bertz CT molecular complexity index is 527. The molecule has 2 rings (SSSR count). The molecule has 1 aromatic rings. The maximum Gasteiger partial charge on any atom is 0.407 e. The lowest BCUT2D eigenvalue weighted by atomic mass is 9.75. The summed E-state index contributed by atoms with van der Waals surface area (Å²) in [7, 11) is 0. The number of amides is 1. The van der Waals surface area contributed by atoms with Gasteiger partial charge < -0.3 is 10.1 Å². The predicted octanol–water partition coefficient (Wildman–Crippen LogP) is 4.33. The van der Waals surface area contributed by atoms with Crippen molar-refractivity contribution in [2.45, 2.75) is 52.6 Å². The van der Waals surface area contributed by atoms with E-state index in [1.807, 2.05) is 30.3 Å². The first-order chi connectivity index (χ1) is 11.6. The van der Waals surface area contributed by atoms with Gasteiger partial charge in [0.2, 0.25) is 0 Å². The number of carbonyl (C=O) groups is 2. The summed E-state index contributed by atoms with van der Waals surface area (Å²) in [6.45, 7) is 5.06. The van der Waals surface area contributed by atoms with Crippen molar-refractivity contribution in [3.05, 3.63) is 35.9 Å². The van der Waals surface area contributed by atoms with Crippen LogP contribution in [-0.2, 0) is 16.1 Å². The number of ether oxygens (including phenoxy) is 1. The Balaban J connectivity index is 1.78. The molecular formula is C20H29NO3. The van der Waals surface area contributed by atoms with E-state index in [1.54, 1.807) is 0 Å². The van der Waals surface area contributed by atoms with Gasteiger partial charge in [-0.2, -0.15) is 0 Å². The van der Waals surface area contributed by atoms with Gasteiger partial charge in [0.1, 0.15) is 12.4 Å². The van der Waals surface area contributed by atoms with Crippen LogP contribution in [0.3, 0.4) is 0 Å². The molecule has 2 atom stereocenters. The number of hydrogen-bond acceptors (Lipinski definition) is 3. The van der Waals surface area contributed by atoms with E-state index in [-0.39, 0.29) is 12.5 Å². The third-order valence-electron chi connectivity index (χ3n) is 4.77. The minimum absolute atomic E-state index is 0.0539. The van der Waals surface area contributed by atoms with Gasteiger partial charge in [-0.25, -0.2) is 4.79 Å². The molecule has 0 aliphatic heterocycles. The molecule has 132 valence electrons. The van der Waals surface area contributed by atoms with Crippen molar-refractivity contribution in [2.24, 2.45) is 17.8 Å². The van der Waals surface area contributed by atoms with Gasteiger partial charge in [0.25, 0.3) is 0 Å². The molecule has 0 aromatic heterocycles. The zero-order valence-electron chi connectivity index (χ0n) is 14.8. The van der Waals surface area contributed by atoms with Gasteiger partial charge in [-0.15, -0.1) is 0 Å². The fourth-order valence-corrected chi connectivity index (χ4v) is 3.33. The van der Waals surface area contributed by atoms with E-state index in [2.05, 4.69) is 19.2 Å². The van der Waals surface area contributed by atoms with Crippen LogP contribution in [0.2, 0.25) is 0 Å². The molecule has 1 aromatic carbocycles. The number of alkyl carbamates (subject to hydrolysis) is 1. The Hall–Kier alpha value is -1.84. The lowest BCUT2D eigenvalue weighted by Gasteiger charge is -2.31. The van der Waals surface area contributed by atoms with Gasteiger partial charge in [-0.1, -0.05) is 50.6 Å². The van der Waals surface area contributed by atoms with Crippen LogP contribution >= 0.6 is 0 Å². The SMILES string of the molecule is CC(C)CC[C@@H]1CCCC(=O)[C@@H]1CNC(=O)OCc1ccccc1. The van der Waals surface area contributed by atoms with Crippen molar-refractivity contribution >= 4 is 11.9 Å². The maximum absolute atomic E-state index is 12.2. The molecule has 1 saturated carbocycles. The zero-order valence-corrected chi connectivity index (χ0v) is 14.8. The molecule has 0 heterocycles. The van der Waals surface area contributed by atoms with Crippen LogP contribution in [-0.4, -0.2) is 18.4 Å². The normalized spacial score (nSPS) is 20.9. The Morgan fingerprint density at radius 1 is 1.29 bits per heavy atom. The molecule has 1 N–H and O–H groups in total. The van der Waals surface area contributed by atoms with Crippen molar-refractivity contribution in [3.63, 3.8) is 0 Å². The van der Waals surface area contributed by atoms with Crippen LogP contribution in [0.25, 0.3) is 0 Å². The molecular weight excluding hydrogens is 302 g/mol. The lowest BCUT2D eigenvalue weighted by Crippen LogP contribution is -2.39. The quantitative estimate of drug-likeness (QED) is 0.809. The van der Waals surface area contributed by atoms with Crippen molar-refractivity contribution in [2.75, 3.05) is 6.54 Å². The summed E-state index contributed by atoms with van der Waals surface area (Å²) >= 11 is 0. The molecule has 0 unspecified atom stereocenters. The van der Waals surface area contributed by atoms with Crippen molar-refractivity contribution in [1.29, 1.82) is 0 Å². The topological polar surface area (TPSA) is 55.4 Å². The first-order valence-corrected chi connectivity index (χ1v) is 9.03. The summed E-state index contributed by atoms with van der Waals surface area (Å²) in [4.78, 5) is 24.1. The standard InChI is InChI=1S/C20H29NO3/c1-15(2)11-12-17-9-6-10-19(22)18(17)13-21-20(23)24-14-16-7-4-3-5-8-16/h3-5,7-8,15,17-18H,6,9-14H2,1-2H3,(H,21,23)/t17-,18+/m0/s1. The van der Waals surface area contributed by atoms with Crippen molar-refractivity contribution in [3.8, 4) is 0 Å².